The van der Waals surface area contributed by atoms with E-state index < -0.39 is 17.6 Å². The van der Waals surface area contributed by atoms with E-state index in [1.54, 1.807) is 0 Å². The van der Waals surface area contributed by atoms with E-state index in [1.807, 2.05) is 0 Å². The largest absolute Gasteiger partial charge is 0.489 e. The van der Waals surface area contributed by atoms with Gasteiger partial charge in [0, 0.05) is 5.56 Å². The van der Waals surface area contributed by atoms with Crippen LogP contribution in [-0.2, 0) is 11.3 Å². The van der Waals surface area contributed by atoms with Crippen LogP contribution in [0, 0.1) is 11.6 Å². The summed E-state index contributed by atoms with van der Waals surface area (Å²) in [4.78, 5) is 11.3. The second-order valence-corrected chi connectivity index (χ2v) is 5.02. The molecule has 0 fully saturated rings. The van der Waals surface area contributed by atoms with Crippen LogP contribution in [0.2, 0.25) is 0 Å². The average Bonchev–Trinajstić information content (AvgIpc) is 2.48. The number of esters is 1. The zero-order valence-corrected chi connectivity index (χ0v) is 12.6. The lowest BCUT2D eigenvalue weighted by Crippen LogP contribution is -2.04. The van der Waals surface area contributed by atoms with Crippen LogP contribution in [0.25, 0.3) is 0 Å². The molecule has 0 unspecified atom stereocenters. The van der Waals surface area contributed by atoms with Gasteiger partial charge in [0.2, 0.25) is 0 Å². The van der Waals surface area contributed by atoms with E-state index >= 15 is 0 Å². The Kier molecular flexibility index (Phi) is 4.90. The fourth-order valence-electron chi connectivity index (χ4n) is 1.64. The highest BCUT2D eigenvalue weighted by Crippen LogP contribution is 2.23. The van der Waals surface area contributed by atoms with Gasteiger partial charge in [-0.2, -0.15) is 0 Å². The van der Waals surface area contributed by atoms with Crippen molar-refractivity contribution in [2.45, 2.75) is 6.61 Å². The average molecular weight is 357 g/mol. The molecule has 2 aromatic rings. The third-order valence-corrected chi connectivity index (χ3v) is 3.37. The predicted molar refractivity (Wildman–Crippen MR) is 76.2 cm³/mol. The lowest BCUT2D eigenvalue weighted by Gasteiger charge is -2.08. The van der Waals surface area contributed by atoms with Gasteiger partial charge in [-0.3, -0.25) is 0 Å². The molecular formula is C15H11BrF2O3. The summed E-state index contributed by atoms with van der Waals surface area (Å²) in [5.41, 5.74) is 0.409. The van der Waals surface area contributed by atoms with E-state index in [0.717, 1.165) is 6.07 Å². The van der Waals surface area contributed by atoms with Gasteiger partial charge in [-0.25, -0.2) is 13.6 Å². The van der Waals surface area contributed by atoms with Crippen molar-refractivity contribution >= 4 is 21.9 Å². The number of ether oxygens (including phenoxy) is 2. The molecule has 0 bridgehead atoms. The van der Waals surface area contributed by atoms with Gasteiger partial charge in [-0.15, -0.1) is 0 Å². The third kappa shape index (κ3) is 3.78. The second-order valence-electron chi connectivity index (χ2n) is 4.16. The topological polar surface area (TPSA) is 35.5 Å². The Morgan fingerprint density at radius 3 is 2.52 bits per heavy atom. The molecule has 3 nitrogen and oxygen atoms in total. The van der Waals surface area contributed by atoms with Crippen LogP contribution in [0.1, 0.15) is 15.9 Å². The molecule has 0 heterocycles. The van der Waals surface area contributed by atoms with Crippen LogP contribution in [0.5, 0.6) is 5.75 Å². The van der Waals surface area contributed by atoms with Crippen LogP contribution in [0.4, 0.5) is 8.78 Å². The maximum absolute atomic E-state index is 13.8. The quantitative estimate of drug-likeness (QED) is 0.774. The minimum Gasteiger partial charge on any atom is -0.489 e. The first-order valence-corrected chi connectivity index (χ1v) is 6.75. The summed E-state index contributed by atoms with van der Waals surface area (Å²) in [6.07, 6.45) is 0. The highest BCUT2D eigenvalue weighted by molar-refractivity contribution is 9.10. The molecule has 2 rings (SSSR count). The molecule has 0 aliphatic heterocycles. The minimum absolute atomic E-state index is 0.0364. The van der Waals surface area contributed by atoms with Crippen molar-refractivity contribution in [2.24, 2.45) is 0 Å². The summed E-state index contributed by atoms with van der Waals surface area (Å²) in [5.74, 6) is -1.18. The van der Waals surface area contributed by atoms with Gasteiger partial charge in [-0.05, 0) is 46.3 Å². The standard InChI is InChI=1S/C15H11BrF2O3/c1-20-15(19)9-2-3-10(14(18)6-9)8-21-11-4-5-13(17)12(16)7-11/h2-7H,8H2,1H3. The highest BCUT2D eigenvalue weighted by Gasteiger charge is 2.10. The molecule has 110 valence electrons. The van der Waals surface area contributed by atoms with Gasteiger partial charge in [0.25, 0.3) is 0 Å². The van der Waals surface area contributed by atoms with Crippen molar-refractivity contribution in [1.82, 2.24) is 0 Å². The Morgan fingerprint density at radius 2 is 1.90 bits per heavy atom. The maximum Gasteiger partial charge on any atom is 0.337 e. The molecule has 0 saturated carbocycles. The summed E-state index contributed by atoms with van der Waals surface area (Å²) < 4.78 is 37.1. The van der Waals surface area contributed by atoms with Gasteiger partial charge >= 0.3 is 5.97 Å². The number of benzene rings is 2. The zero-order chi connectivity index (χ0) is 15.4. The Balaban J connectivity index is 2.09. The summed E-state index contributed by atoms with van der Waals surface area (Å²) >= 11 is 3.04. The van der Waals surface area contributed by atoms with Crippen LogP contribution in [-0.4, -0.2) is 13.1 Å². The smallest absolute Gasteiger partial charge is 0.337 e. The third-order valence-electron chi connectivity index (χ3n) is 2.76. The SMILES string of the molecule is COC(=O)c1ccc(COc2ccc(F)c(Br)c2)c(F)c1. The number of rotatable bonds is 4. The van der Waals surface area contributed by atoms with Gasteiger partial charge in [0.1, 0.15) is 24.0 Å². The molecule has 0 aliphatic rings. The van der Waals surface area contributed by atoms with Gasteiger partial charge < -0.3 is 9.47 Å². The summed E-state index contributed by atoms with van der Waals surface area (Å²) in [5, 5.41) is 0. The molecule has 0 aromatic heterocycles. The molecule has 0 atom stereocenters. The summed E-state index contributed by atoms with van der Waals surface area (Å²) in [6, 6.07) is 8.13. The number of halogens is 3. The van der Waals surface area contributed by atoms with E-state index in [9.17, 15) is 13.6 Å². The predicted octanol–water partition coefficient (Wildman–Crippen LogP) is 4.09. The van der Waals surface area contributed by atoms with Crippen LogP contribution < -0.4 is 4.74 Å². The van der Waals surface area contributed by atoms with E-state index in [0.29, 0.717) is 5.75 Å². The van der Waals surface area contributed by atoms with Crippen LogP contribution >= 0.6 is 15.9 Å². The Morgan fingerprint density at radius 1 is 1.14 bits per heavy atom. The first kappa shape index (κ1) is 15.4. The Labute approximate surface area is 128 Å². The van der Waals surface area contributed by atoms with Crippen molar-refractivity contribution in [3.8, 4) is 5.75 Å². The molecular weight excluding hydrogens is 346 g/mol. The van der Waals surface area contributed by atoms with E-state index in [-0.39, 0.29) is 22.2 Å². The number of carbonyl (C=O) groups excluding carboxylic acids is 1. The van der Waals surface area contributed by atoms with Gasteiger partial charge in [-0.1, -0.05) is 6.07 Å². The maximum atomic E-state index is 13.8. The molecule has 0 radical (unpaired) electrons. The zero-order valence-electron chi connectivity index (χ0n) is 11.0. The number of methoxy groups -OCH3 is 1. The van der Waals surface area contributed by atoms with Crippen LogP contribution in [0.15, 0.2) is 40.9 Å². The first-order chi connectivity index (χ1) is 10.0. The van der Waals surface area contributed by atoms with E-state index in [1.165, 1.54) is 37.4 Å². The molecule has 0 aliphatic carbocycles. The molecule has 6 heteroatoms. The fraction of sp³-hybridized carbons (Fsp3) is 0.133. The monoisotopic (exact) mass is 356 g/mol. The number of hydrogen-bond acceptors (Lipinski definition) is 3. The molecule has 0 spiro atoms. The van der Waals surface area contributed by atoms with Crippen molar-refractivity contribution < 1.29 is 23.0 Å². The normalized spacial score (nSPS) is 10.3. The van der Waals surface area contributed by atoms with Gasteiger partial charge in [0.15, 0.2) is 0 Å². The molecule has 21 heavy (non-hydrogen) atoms. The lowest BCUT2D eigenvalue weighted by atomic mass is 10.1. The summed E-state index contributed by atoms with van der Waals surface area (Å²) in [7, 11) is 1.23. The van der Waals surface area contributed by atoms with Crippen molar-refractivity contribution in [2.75, 3.05) is 7.11 Å². The Hall–Kier alpha value is -1.95. The lowest BCUT2D eigenvalue weighted by molar-refractivity contribution is 0.0600. The van der Waals surface area contributed by atoms with Crippen LogP contribution in [0.3, 0.4) is 0 Å². The fourth-order valence-corrected chi connectivity index (χ4v) is 1.99. The molecule has 0 amide bonds. The van der Waals surface area contributed by atoms with E-state index in [4.69, 9.17) is 4.74 Å². The molecule has 2 aromatic carbocycles. The number of carbonyl (C=O) groups is 1. The summed E-state index contributed by atoms with van der Waals surface area (Å²) in [6.45, 7) is -0.0364. The van der Waals surface area contributed by atoms with E-state index in [2.05, 4.69) is 20.7 Å². The van der Waals surface area contributed by atoms with Crippen molar-refractivity contribution in [3.63, 3.8) is 0 Å². The number of hydrogen-bond donors (Lipinski definition) is 0. The Bertz CT molecular complexity index is 674. The second kappa shape index (κ2) is 6.67. The van der Waals surface area contributed by atoms with Crippen molar-refractivity contribution in [3.05, 3.63) is 63.6 Å². The minimum atomic E-state index is -0.608. The first-order valence-electron chi connectivity index (χ1n) is 5.96. The highest BCUT2D eigenvalue weighted by atomic mass is 79.9. The molecule has 0 saturated heterocycles. The van der Waals surface area contributed by atoms with Gasteiger partial charge in [0.05, 0.1) is 17.1 Å². The van der Waals surface area contributed by atoms with Crippen molar-refractivity contribution in [1.29, 1.82) is 0 Å². The molecule has 0 N–H and O–H groups in total.